The molecule has 1 fully saturated rings. The first kappa shape index (κ1) is 20.8. The highest BCUT2D eigenvalue weighted by molar-refractivity contribution is 5.94. The third-order valence-corrected chi connectivity index (χ3v) is 5.63. The number of likely N-dealkylation sites (tertiary alicyclic amines) is 1. The summed E-state index contributed by atoms with van der Waals surface area (Å²) in [7, 11) is 1.61. The van der Waals surface area contributed by atoms with Crippen LogP contribution in [0.2, 0.25) is 0 Å². The zero-order chi connectivity index (χ0) is 22.6. The van der Waals surface area contributed by atoms with Gasteiger partial charge in [-0.05, 0) is 60.7 Å². The average molecular weight is 441 g/mol. The summed E-state index contributed by atoms with van der Waals surface area (Å²) in [6.07, 6.45) is 0.738. The maximum absolute atomic E-state index is 12.8. The number of carbonyl (C=O) groups is 1. The fourth-order valence-corrected chi connectivity index (χ4v) is 3.84. The molecule has 1 saturated heterocycles. The minimum atomic E-state index is -0.0482. The normalized spacial score (nSPS) is 15.4. The predicted molar refractivity (Wildman–Crippen MR) is 123 cm³/mol. The molecule has 1 aromatic heterocycles. The first-order valence-corrected chi connectivity index (χ1v) is 10.8. The van der Waals surface area contributed by atoms with E-state index in [0.29, 0.717) is 30.4 Å². The van der Waals surface area contributed by atoms with E-state index in [4.69, 9.17) is 14.0 Å². The number of aromatic nitrogens is 2. The lowest BCUT2D eigenvalue weighted by Gasteiger charge is -2.17. The quantitative estimate of drug-likeness (QED) is 0.431. The molecule has 1 aliphatic heterocycles. The molecule has 1 aliphatic rings. The Kier molecular flexibility index (Phi) is 5.76. The van der Waals surface area contributed by atoms with Crippen LogP contribution < -0.4 is 9.47 Å². The van der Waals surface area contributed by atoms with E-state index in [1.807, 2.05) is 59.5 Å². The Morgan fingerprint density at radius 3 is 2.39 bits per heavy atom. The fourth-order valence-electron chi connectivity index (χ4n) is 3.84. The van der Waals surface area contributed by atoms with Gasteiger partial charge in [0.25, 0.3) is 11.8 Å². The monoisotopic (exact) mass is 441 g/mol. The number of hydrogen-bond donors (Lipinski definition) is 0. The van der Waals surface area contributed by atoms with Gasteiger partial charge in [0.05, 0.1) is 13.7 Å². The lowest BCUT2D eigenvalue weighted by atomic mass is 10.2. The average Bonchev–Trinajstić information content (AvgIpc) is 3.55. The van der Waals surface area contributed by atoms with Crippen LogP contribution in [0.25, 0.3) is 22.8 Å². The van der Waals surface area contributed by atoms with Crippen LogP contribution in [0, 0.1) is 0 Å². The van der Waals surface area contributed by atoms with Gasteiger partial charge in [0.15, 0.2) is 0 Å². The van der Waals surface area contributed by atoms with E-state index < -0.39 is 0 Å². The first-order valence-electron chi connectivity index (χ1n) is 10.8. The Hall–Kier alpha value is -4.13. The summed E-state index contributed by atoms with van der Waals surface area (Å²) in [6, 6.07) is 24.4. The molecule has 166 valence electrons. The standard InChI is InChI=1S/C26H23N3O4/c1-31-21-11-9-20(10-12-21)26(30)29-16-15-23(17-29)32-22-13-7-18(8-14-22)24-27-25(33-28-24)19-5-3-2-4-6-19/h2-14,23H,15-17H2,1H3. The second-order valence-electron chi connectivity index (χ2n) is 7.82. The van der Waals surface area contributed by atoms with Crippen LogP contribution in [-0.2, 0) is 0 Å². The molecule has 0 bridgehead atoms. The molecule has 5 rings (SSSR count). The Labute approximate surface area is 191 Å². The van der Waals surface area contributed by atoms with Crippen molar-refractivity contribution in [2.75, 3.05) is 20.2 Å². The smallest absolute Gasteiger partial charge is 0.258 e. The van der Waals surface area contributed by atoms with Crippen molar-refractivity contribution in [3.63, 3.8) is 0 Å². The van der Waals surface area contributed by atoms with Crippen molar-refractivity contribution in [3.05, 3.63) is 84.4 Å². The molecular formula is C26H23N3O4. The summed E-state index contributed by atoms with van der Waals surface area (Å²) in [5.41, 5.74) is 2.37. The van der Waals surface area contributed by atoms with Gasteiger partial charge in [0, 0.05) is 29.7 Å². The largest absolute Gasteiger partial charge is 0.497 e. The molecule has 0 aliphatic carbocycles. The van der Waals surface area contributed by atoms with Crippen molar-refractivity contribution in [3.8, 4) is 34.3 Å². The zero-order valence-corrected chi connectivity index (χ0v) is 18.2. The second-order valence-corrected chi connectivity index (χ2v) is 7.82. The van der Waals surface area contributed by atoms with Gasteiger partial charge in [0.1, 0.15) is 17.6 Å². The van der Waals surface area contributed by atoms with Crippen molar-refractivity contribution in [1.82, 2.24) is 15.0 Å². The van der Waals surface area contributed by atoms with Crippen LogP contribution in [0.5, 0.6) is 11.5 Å². The Morgan fingerprint density at radius 2 is 1.67 bits per heavy atom. The number of methoxy groups -OCH3 is 1. The number of amides is 1. The second kappa shape index (κ2) is 9.16. The Bertz CT molecular complexity index is 1220. The predicted octanol–water partition coefficient (Wildman–Crippen LogP) is 4.71. The maximum atomic E-state index is 12.8. The van der Waals surface area contributed by atoms with Crippen LogP contribution >= 0.6 is 0 Å². The van der Waals surface area contributed by atoms with E-state index in [0.717, 1.165) is 29.0 Å². The van der Waals surface area contributed by atoms with Crippen molar-refractivity contribution in [1.29, 1.82) is 0 Å². The highest BCUT2D eigenvalue weighted by Gasteiger charge is 2.28. The number of ether oxygens (including phenoxy) is 2. The van der Waals surface area contributed by atoms with Crippen molar-refractivity contribution >= 4 is 5.91 Å². The zero-order valence-electron chi connectivity index (χ0n) is 18.2. The molecule has 0 radical (unpaired) electrons. The van der Waals surface area contributed by atoms with Gasteiger partial charge in [-0.3, -0.25) is 4.79 Å². The highest BCUT2D eigenvalue weighted by atomic mass is 16.5. The van der Waals surface area contributed by atoms with Crippen LogP contribution in [0.1, 0.15) is 16.8 Å². The Balaban J connectivity index is 1.19. The maximum Gasteiger partial charge on any atom is 0.258 e. The van der Waals surface area contributed by atoms with E-state index in [1.54, 1.807) is 31.4 Å². The molecule has 1 atom stereocenters. The van der Waals surface area contributed by atoms with Gasteiger partial charge in [-0.2, -0.15) is 4.98 Å². The molecular weight excluding hydrogens is 418 g/mol. The minimum Gasteiger partial charge on any atom is -0.497 e. The van der Waals surface area contributed by atoms with Gasteiger partial charge < -0.3 is 18.9 Å². The first-order chi connectivity index (χ1) is 16.2. The molecule has 0 spiro atoms. The summed E-state index contributed by atoms with van der Waals surface area (Å²) < 4.78 is 16.7. The van der Waals surface area contributed by atoms with Gasteiger partial charge in [-0.1, -0.05) is 23.4 Å². The number of hydrogen-bond acceptors (Lipinski definition) is 6. The highest BCUT2D eigenvalue weighted by Crippen LogP contribution is 2.26. The topological polar surface area (TPSA) is 77.7 Å². The van der Waals surface area contributed by atoms with Crippen LogP contribution in [0.3, 0.4) is 0 Å². The summed E-state index contributed by atoms with van der Waals surface area (Å²) in [5.74, 6) is 2.49. The lowest BCUT2D eigenvalue weighted by molar-refractivity contribution is 0.0772. The molecule has 4 aromatic rings. The van der Waals surface area contributed by atoms with E-state index >= 15 is 0 Å². The minimum absolute atomic E-state index is 0.00503. The molecule has 3 aromatic carbocycles. The third-order valence-electron chi connectivity index (χ3n) is 5.63. The summed E-state index contributed by atoms with van der Waals surface area (Å²) >= 11 is 0. The van der Waals surface area contributed by atoms with Crippen molar-refractivity contribution in [2.24, 2.45) is 0 Å². The summed E-state index contributed by atoms with van der Waals surface area (Å²) in [6.45, 7) is 1.22. The molecule has 7 heteroatoms. The molecule has 33 heavy (non-hydrogen) atoms. The van der Waals surface area contributed by atoms with Gasteiger partial charge in [-0.15, -0.1) is 0 Å². The van der Waals surface area contributed by atoms with Crippen molar-refractivity contribution in [2.45, 2.75) is 12.5 Å². The van der Waals surface area contributed by atoms with Crippen molar-refractivity contribution < 1.29 is 18.8 Å². The number of benzene rings is 3. The van der Waals surface area contributed by atoms with E-state index in [9.17, 15) is 4.79 Å². The van der Waals surface area contributed by atoms with Crippen LogP contribution in [0.4, 0.5) is 0 Å². The van der Waals surface area contributed by atoms with E-state index in [1.165, 1.54) is 0 Å². The van der Waals surface area contributed by atoms with E-state index in [-0.39, 0.29) is 12.0 Å². The summed E-state index contributed by atoms with van der Waals surface area (Å²) in [5, 5.41) is 4.09. The van der Waals surface area contributed by atoms with Crippen LogP contribution in [-0.4, -0.2) is 47.3 Å². The lowest BCUT2D eigenvalue weighted by Crippen LogP contribution is -2.30. The summed E-state index contributed by atoms with van der Waals surface area (Å²) in [4.78, 5) is 19.1. The molecule has 7 nitrogen and oxygen atoms in total. The Morgan fingerprint density at radius 1 is 0.939 bits per heavy atom. The molecule has 0 N–H and O–H groups in total. The SMILES string of the molecule is COc1ccc(C(=O)N2CCC(Oc3ccc(-c4noc(-c5ccccc5)n4)cc3)C2)cc1. The van der Waals surface area contributed by atoms with Crippen LogP contribution in [0.15, 0.2) is 83.4 Å². The third kappa shape index (κ3) is 4.57. The molecule has 0 saturated carbocycles. The molecule has 1 amide bonds. The molecule has 2 heterocycles. The molecule has 1 unspecified atom stereocenters. The van der Waals surface area contributed by atoms with Gasteiger partial charge in [-0.25, -0.2) is 0 Å². The number of nitrogens with zero attached hydrogens (tertiary/aromatic N) is 3. The number of rotatable bonds is 6. The van der Waals surface area contributed by atoms with Gasteiger partial charge in [0.2, 0.25) is 5.82 Å². The fraction of sp³-hybridized carbons (Fsp3) is 0.192. The van der Waals surface area contributed by atoms with E-state index in [2.05, 4.69) is 10.1 Å². The number of carbonyl (C=O) groups excluding carboxylic acids is 1. The van der Waals surface area contributed by atoms with Gasteiger partial charge >= 0.3 is 0 Å².